The summed E-state index contributed by atoms with van der Waals surface area (Å²) in [5.74, 6) is 0.0547. The van der Waals surface area contributed by atoms with Crippen molar-refractivity contribution < 1.29 is 14.3 Å². The van der Waals surface area contributed by atoms with Gasteiger partial charge in [0.05, 0.1) is 0 Å². The molecule has 0 N–H and O–H groups in total. The van der Waals surface area contributed by atoms with E-state index < -0.39 is 0 Å². The lowest BCUT2D eigenvalue weighted by Crippen LogP contribution is -2.50. The molecular formula is C12H18N2O3. The number of hydrogen-bond donors (Lipinski definition) is 0. The van der Waals surface area contributed by atoms with E-state index in [-0.39, 0.29) is 18.6 Å². The minimum absolute atomic E-state index is 0.0547. The van der Waals surface area contributed by atoms with Crippen LogP contribution in [0, 0.1) is 0 Å². The number of ether oxygens (including phenoxy) is 1. The van der Waals surface area contributed by atoms with Crippen LogP contribution in [0.3, 0.4) is 0 Å². The van der Waals surface area contributed by atoms with Gasteiger partial charge >= 0.3 is 6.09 Å². The molecule has 5 nitrogen and oxygen atoms in total. The molecule has 1 heterocycles. The van der Waals surface area contributed by atoms with E-state index in [1.54, 1.807) is 15.9 Å². The summed E-state index contributed by atoms with van der Waals surface area (Å²) in [4.78, 5) is 26.4. The van der Waals surface area contributed by atoms with Crippen LogP contribution >= 0.6 is 0 Å². The predicted octanol–water partition coefficient (Wildman–Crippen LogP) is 1.03. The summed E-state index contributed by atoms with van der Waals surface area (Å²) >= 11 is 0. The molecular weight excluding hydrogens is 220 g/mol. The van der Waals surface area contributed by atoms with E-state index in [4.69, 9.17) is 4.74 Å². The first-order valence-electron chi connectivity index (χ1n) is 5.60. The molecule has 1 aliphatic rings. The van der Waals surface area contributed by atoms with Gasteiger partial charge in [0, 0.05) is 32.6 Å². The number of carbonyl (C=O) groups is 2. The average molecular weight is 238 g/mol. The maximum Gasteiger partial charge on any atom is 0.410 e. The first kappa shape index (κ1) is 13.3. The van der Waals surface area contributed by atoms with Gasteiger partial charge in [0.1, 0.15) is 6.61 Å². The van der Waals surface area contributed by atoms with E-state index in [9.17, 15) is 9.59 Å². The second-order valence-corrected chi connectivity index (χ2v) is 3.73. The number of rotatable bonds is 4. The van der Waals surface area contributed by atoms with Crippen molar-refractivity contribution in [2.45, 2.75) is 6.42 Å². The highest BCUT2D eigenvalue weighted by Gasteiger charge is 2.23. The zero-order valence-electron chi connectivity index (χ0n) is 9.93. The smallest absolute Gasteiger partial charge is 0.410 e. The number of amides is 2. The standard InChI is InChI=1S/C12H18N2O3/c1-3-5-11(15)13-6-8-14(9-7-13)12(16)17-10-4-2/h3-4H,1-2,5-10H2. The lowest BCUT2D eigenvalue weighted by molar-refractivity contribution is -0.131. The first-order valence-corrected chi connectivity index (χ1v) is 5.60. The van der Waals surface area contributed by atoms with Gasteiger partial charge in [0.15, 0.2) is 0 Å². The monoisotopic (exact) mass is 238 g/mol. The second kappa shape index (κ2) is 6.73. The molecule has 0 spiro atoms. The average Bonchev–Trinajstić information content (AvgIpc) is 2.36. The number of nitrogens with zero attached hydrogens (tertiary/aromatic N) is 2. The predicted molar refractivity (Wildman–Crippen MR) is 64.5 cm³/mol. The molecule has 2 amide bonds. The van der Waals surface area contributed by atoms with Crippen molar-refractivity contribution in [3.63, 3.8) is 0 Å². The van der Waals surface area contributed by atoms with Gasteiger partial charge in [-0.1, -0.05) is 18.7 Å². The third-order valence-corrected chi connectivity index (χ3v) is 2.53. The van der Waals surface area contributed by atoms with Crippen molar-refractivity contribution in [1.29, 1.82) is 0 Å². The summed E-state index contributed by atoms with van der Waals surface area (Å²) in [5.41, 5.74) is 0. The van der Waals surface area contributed by atoms with Crippen LogP contribution in [-0.2, 0) is 9.53 Å². The van der Waals surface area contributed by atoms with Crippen LogP contribution in [0.4, 0.5) is 4.79 Å². The molecule has 0 unspecified atom stereocenters. The van der Waals surface area contributed by atoms with Crippen LogP contribution in [0.2, 0.25) is 0 Å². The Morgan fingerprint density at radius 1 is 1.06 bits per heavy atom. The Labute approximate surface area is 101 Å². The quantitative estimate of drug-likeness (QED) is 0.687. The molecule has 17 heavy (non-hydrogen) atoms. The lowest BCUT2D eigenvalue weighted by Gasteiger charge is -2.33. The van der Waals surface area contributed by atoms with Gasteiger partial charge in [0.2, 0.25) is 5.91 Å². The highest BCUT2D eigenvalue weighted by atomic mass is 16.6. The van der Waals surface area contributed by atoms with E-state index in [1.807, 2.05) is 0 Å². The molecule has 0 saturated carbocycles. The van der Waals surface area contributed by atoms with Crippen LogP contribution < -0.4 is 0 Å². The van der Waals surface area contributed by atoms with Gasteiger partial charge in [-0.2, -0.15) is 0 Å². The van der Waals surface area contributed by atoms with Gasteiger partial charge in [-0.15, -0.1) is 6.58 Å². The fraction of sp³-hybridized carbons (Fsp3) is 0.500. The number of hydrogen-bond acceptors (Lipinski definition) is 3. The summed E-state index contributed by atoms with van der Waals surface area (Å²) in [5, 5.41) is 0. The summed E-state index contributed by atoms with van der Waals surface area (Å²) in [6.45, 7) is 9.35. The maximum absolute atomic E-state index is 11.6. The summed E-state index contributed by atoms with van der Waals surface area (Å²) in [7, 11) is 0. The van der Waals surface area contributed by atoms with Crippen LogP contribution in [-0.4, -0.2) is 54.6 Å². The third-order valence-electron chi connectivity index (χ3n) is 2.53. The van der Waals surface area contributed by atoms with E-state index in [1.165, 1.54) is 6.08 Å². The molecule has 0 aliphatic carbocycles. The molecule has 1 aliphatic heterocycles. The van der Waals surface area contributed by atoms with Gasteiger partial charge in [-0.05, 0) is 0 Å². The maximum atomic E-state index is 11.6. The Balaban J connectivity index is 2.34. The van der Waals surface area contributed by atoms with Crippen LogP contribution in [0.15, 0.2) is 25.3 Å². The fourth-order valence-corrected chi connectivity index (χ4v) is 1.61. The molecule has 0 aromatic carbocycles. The molecule has 0 atom stereocenters. The molecule has 5 heteroatoms. The van der Waals surface area contributed by atoms with Gasteiger partial charge < -0.3 is 14.5 Å². The Bertz CT molecular complexity index is 307. The normalized spacial score (nSPS) is 15.3. The van der Waals surface area contributed by atoms with Crippen molar-refractivity contribution in [2.75, 3.05) is 32.8 Å². The summed E-state index contributed by atoms with van der Waals surface area (Å²) < 4.78 is 4.92. The van der Waals surface area contributed by atoms with E-state index >= 15 is 0 Å². The SMILES string of the molecule is C=CCOC(=O)N1CCN(C(=O)CC=C)CC1. The molecule has 0 radical (unpaired) electrons. The Kier molecular flexibility index (Phi) is 5.26. The lowest BCUT2D eigenvalue weighted by atomic mass is 10.3. The van der Waals surface area contributed by atoms with E-state index in [0.717, 1.165) is 0 Å². The zero-order valence-corrected chi connectivity index (χ0v) is 9.93. The number of piperazine rings is 1. The molecule has 1 fully saturated rings. The minimum Gasteiger partial charge on any atom is -0.445 e. The molecule has 1 rings (SSSR count). The third kappa shape index (κ3) is 3.94. The number of carbonyl (C=O) groups excluding carboxylic acids is 2. The Morgan fingerprint density at radius 3 is 2.18 bits per heavy atom. The summed E-state index contributed by atoms with van der Waals surface area (Å²) in [6.07, 6.45) is 3.12. The molecule has 1 saturated heterocycles. The minimum atomic E-state index is -0.347. The van der Waals surface area contributed by atoms with Crippen molar-refractivity contribution >= 4 is 12.0 Å². The molecule has 0 aromatic heterocycles. The van der Waals surface area contributed by atoms with Crippen molar-refractivity contribution in [1.82, 2.24) is 9.80 Å². The topological polar surface area (TPSA) is 49.9 Å². The molecule has 94 valence electrons. The van der Waals surface area contributed by atoms with Gasteiger partial charge in [-0.25, -0.2) is 4.79 Å². The van der Waals surface area contributed by atoms with E-state index in [2.05, 4.69) is 13.2 Å². The van der Waals surface area contributed by atoms with Crippen molar-refractivity contribution in [3.8, 4) is 0 Å². The Hall–Kier alpha value is -1.78. The molecule has 0 aromatic rings. The van der Waals surface area contributed by atoms with Crippen LogP contribution in [0.5, 0.6) is 0 Å². The zero-order chi connectivity index (χ0) is 12.7. The first-order chi connectivity index (χ1) is 8.19. The van der Waals surface area contributed by atoms with Crippen molar-refractivity contribution in [3.05, 3.63) is 25.3 Å². The second-order valence-electron chi connectivity index (χ2n) is 3.73. The highest BCUT2D eigenvalue weighted by molar-refractivity contribution is 5.78. The van der Waals surface area contributed by atoms with Crippen LogP contribution in [0.25, 0.3) is 0 Å². The largest absolute Gasteiger partial charge is 0.445 e. The fourth-order valence-electron chi connectivity index (χ4n) is 1.61. The van der Waals surface area contributed by atoms with Crippen molar-refractivity contribution in [2.24, 2.45) is 0 Å². The van der Waals surface area contributed by atoms with Crippen LogP contribution in [0.1, 0.15) is 6.42 Å². The Morgan fingerprint density at radius 2 is 1.65 bits per heavy atom. The van der Waals surface area contributed by atoms with E-state index in [0.29, 0.717) is 32.6 Å². The summed E-state index contributed by atoms with van der Waals surface area (Å²) in [6, 6.07) is 0. The highest BCUT2D eigenvalue weighted by Crippen LogP contribution is 2.05. The van der Waals surface area contributed by atoms with Gasteiger partial charge in [-0.3, -0.25) is 4.79 Å². The van der Waals surface area contributed by atoms with Gasteiger partial charge in [0.25, 0.3) is 0 Å². The molecule has 0 bridgehead atoms.